The Balaban J connectivity index is 0.00000462. The third kappa shape index (κ3) is 6.38. The number of hydrogen-bond donors (Lipinski definition) is 1. The predicted molar refractivity (Wildman–Crippen MR) is 309 cm³/mol. The Labute approximate surface area is 420 Å². The lowest BCUT2D eigenvalue weighted by atomic mass is 9.93. The number of nitrogens with two attached hydrogens (primary N) is 1. The summed E-state index contributed by atoms with van der Waals surface area (Å²) in [6, 6.07) is 83.6. The van der Waals surface area contributed by atoms with E-state index in [1.54, 1.807) is 0 Å². The van der Waals surface area contributed by atoms with Crippen molar-refractivity contribution >= 4 is 162 Å². The summed E-state index contributed by atoms with van der Waals surface area (Å²) in [5.41, 5.74) is 5.12. The molecular formula is C70H44ClN. The Morgan fingerprint density at radius 1 is 0.194 bits per heavy atom. The van der Waals surface area contributed by atoms with Gasteiger partial charge < -0.3 is 12.4 Å². The van der Waals surface area contributed by atoms with Crippen molar-refractivity contribution in [3.05, 3.63) is 230 Å². The van der Waals surface area contributed by atoms with Gasteiger partial charge in [0.25, 0.3) is 0 Å². The molecule has 16 aromatic carbocycles. The Bertz CT molecular complexity index is 4780. The van der Waals surface area contributed by atoms with Crippen molar-refractivity contribution in [1.29, 1.82) is 0 Å². The van der Waals surface area contributed by atoms with Gasteiger partial charge in [0.2, 0.25) is 0 Å². The Morgan fingerprint density at radius 3 is 0.597 bits per heavy atom. The smallest absolute Gasteiger partial charge is 0.145 e. The molecule has 0 saturated heterocycles. The molecule has 0 aliphatic rings. The van der Waals surface area contributed by atoms with Crippen LogP contribution in [-0.2, 0) is 0 Å². The van der Waals surface area contributed by atoms with E-state index in [0.717, 1.165) is 0 Å². The van der Waals surface area contributed by atoms with Gasteiger partial charge in [-0.2, -0.15) is 0 Å². The lowest BCUT2D eigenvalue weighted by molar-refractivity contribution is -0.476. The predicted octanol–water partition coefficient (Wildman–Crippen LogP) is 16.0. The highest BCUT2D eigenvalue weighted by Crippen LogP contribution is 2.39. The number of rotatable bonds is 2. The van der Waals surface area contributed by atoms with Crippen LogP contribution in [0.2, 0.25) is 0 Å². The molecule has 0 aromatic heterocycles. The van der Waals surface area contributed by atoms with E-state index in [2.05, 4.69) is 238 Å². The molecule has 16 rings (SSSR count). The molecule has 0 bridgehead atoms. The van der Waals surface area contributed by atoms with Crippen LogP contribution in [0.5, 0.6) is 0 Å². The molecule has 0 radical (unpaired) electrons. The van der Waals surface area contributed by atoms with E-state index in [4.69, 9.17) is 0 Å². The fourth-order valence-electron chi connectivity index (χ4n) is 12.3. The van der Waals surface area contributed by atoms with Crippen LogP contribution in [0.15, 0.2) is 218 Å². The normalized spacial score (nSPS) is 12.2. The summed E-state index contributed by atoms with van der Waals surface area (Å²) in [5.74, 6) is 0. The van der Waals surface area contributed by atoms with E-state index < -0.39 is 0 Å². The first-order chi connectivity index (χ1) is 34.8. The van der Waals surface area contributed by atoms with E-state index in [1.165, 1.54) is 173 Å². The molecule has 2 heteroatoms. The number of quaternary nitrogens is 1. The fourth-order valence-corrected chi connectivity index (χ4v) is 12.3. The summed E-state index contributed by atoms with van der Waals surface area (Å²) in [4.78, 5) is 0. The molecule has 16 aromatic rings. The second-order valence-electron chi connectivity index (χ2n) is 20.6. The molecule has 336 valence electrons. The van der Waals surface area contributed by atoms with E-state index in [9.17, 15) is 0 Å². The maximum absolute atomic E-state index is 2.46. The van der Waals surface area contributed by atoms with Gasteiger partial charge in [-0.3, -0.25) is 5.32 Å². The van der Waals surface area contributed by atoms with Gasteiger partial charge in [0.05, 0.1) is 0 Å². The van der Waals surface area contributed by atoms with Gasteiger partial charge in [-0.1, -0.05) is 72.8 Å². The summed E-state index contributed by atoms with van der Waals surface area (Å²) >= 11 is 0. The zero-order valence-corrected chi connectivity index (χ0v) is 40.5. The van der Waals surface area contributed by atoms with Crippen molar-refractivity contribution in [2.75, 3.05) is 0 Å². The highest BCUT2D eigenvalue weighted by molar-refractivity contribution is 6.16. The molecule has 0 atom stereocenters. The van der Waals surface area contributed by atoms with Crippen molar-refractivity contribution < 1.29 is 17.7 Å². The van der Waals surface area contributed by atoms with Crippen molar-refractivity contribution in [3.63, 3.8) is 0 Å². The largest absolute Gasteiger partial charge is 1.00 e. The average molecular weight is 935 g/mol. The second-order valence-corrected chi connectivity index (χ2v) is 20.6. The molecular weight excluding hydrogens is 890 g/mol. The van der Waals surface area contributed by atoms with Gasteiger partial charge in [-0.25, -0.2) is 0 Å². The minimum atomic E-state index is 0. The first-order valence-electron chi connectivity index (χ1n) is 24.9. The van der Waals surface area contributed by atoms with Crippen LogP contribution in [0, 0.1) is 13.8 Å². The molecule has 0 heterocycles. The molecule has 0 aliphatic carbocycles. The van der Waals surface area contributed by atoms with Gasteiger partial charge in [-0.15, -0.1) is 0 Å². The fraction of sp³-hybridized carbons (Fsp3) is 0.0286. The van der Waals surface area contributed by atoms with Crippen molar-refractivity contribution in [2.24, 2.45) is 0 Å². The minimum absolute atomic E-state index is 0. The summed E-state index contributed by atoms with van der Waals surface area (Å²) in [6.07, 6.45) is 0. The van der Waals surface area contributed by atoms with Gasteiger partial charge in [0, 0.05) is 21.9 Å². The Morgan fingerprint density at radius 2 is 0.375 bits per heavy atom. The number of fused-ring (bicyclic) bond motifs is 14. The van der Waals surface area contributed by atoms with Gasteiger partial charge in [-0.05, 0) is 299 Å². The van der Waals surface area contributed by atoms with Gasteiger partial charge in [0.1, 0.15) is 11.4 Å². The zero-order valence-electron chi connectivity index (χ0n) is 39.7. The highest BCUT2D eigenvalue weighted by Gasteiger charge is 2.18. The molecule has 0 spiro atoms. The summed E-state index contributed by atoms with van der Waals surface area (Å²) in [7, 11) is 0. The van der Waals surface area contributed by atoms with E-state index in [0.29, 0.717) is 0 Å². The van der Waals surface area contributed by atoms with Crippen LogP contribution in [-0.4, -0.2) is 0 Å². The molecule has 2 N–H and O–H groups in total. The van der Waals surface area contributed by atoms with Crippen LogP contribution < -0.4 is 17.7 Å². The van der Waals surface area contributed by atoms with Crippen molar-refractivity contribution in [1.82, 2.24) is 0 Å². The molecule has 1 nitrogen and oxygen atoms in total. The Kier molecular flexibility index (Phi) is 8.70. The molecule has 72 heavy (non-hydrogen) atoms. The van der Waals surface area contributed by atoms with Crippen LogP contribution in [0.25, 0.3) is 151 Å². The van der Waals surface area contributed by atoms with E-state index in [-0.39, 0.29) is 12.4 Å². The standard InChI is InChI=1S/C70H43N.ClH/c1-39-11-13-45-19-51-25-57-31-59-27-53-21-47-15-41-7-3-5-9-43(41)17-49(47)23-55(53)29-61(59)33-63(57)35-65(51)37-67(45)69(39)71-70-40(2)12-14-46-20-52-26-58-32-60-28-54-22-48-16-42-8-4-6-10-44(42)18-50(48)24-56(54)30-62(60)34-64(58)36-66(52)38-68(46)70;/h3-38,71H,1-2H3;1H. The van der Waals surface area contributed by atoms with E-state index >= 15 is 0 Å². The maximum Gasteiger partial charge on any atom is 0.145 e. The van der Waals surface area contributed by atoms with Crippen LogP contribution >= 0.6 is 0 Å². The molecule has 0 unspecified atom stereocenters. The molecule has 0 saturated carbocycles. The van der Waals surface area contributed by atoms with Crippen molar-refractivity contribution in [2.45, 2.75) is 13.8 Å². The summed E-state index contributed by atoms with van der Waals surface area (Å²) < 4.78 is 0. The highest BCUT2D eigenvalue weighted by atomic mass is 35.5. The summed E-state index contributed by atoms with van der Waals surface area (Å²) in [5, 5.41) is 38.1. The SMILES string of the molecule is Cc1ccc2cc3cc4cc5cc6cc7cc8ccccc8cc7cc6cc5cc4cc3cc2c1[NH2+]c1c(C)ccc2cc3cc4cc5cc6cc7cc8ccccc8cc7cc6cc5cc4cc3cc12.[Cl-]. The lowest BCUT2D eigenvalue weighted by Crippen LogP contribution is -3.00. The summed E-state index contributed by atoms with van der Waals surface area (Å²) in [6.45, 7) is 4.52. The number of halogens is 1. The topological polar surface area (TPSA) is 16.6 Å². The lowest BCUT2D eigenvalue weighted by Gasteiger charge is -2.14. The second kappa shape index (κ2) is 15.2. The molecule has 0 aliphatic heterocycles. The monoisotopic (exact) mass is 933 g/mol. The van der Waals surface area contributed by atoms with Crippen LogP contribution in [0.4, 0.5) is 11.4 Å². The maximum atomic E-state index is 2.46. The van der Waals surface area contributed by atoms with Gasteiger partial charge >= 0.3 is 0 Å². The number of aryl methyl sites for hydroxylation is 2. The van der Waals surface area contributed by atoms with E-state index in [1.807, 2.05) is 0 Å². The van der Waals surface area contributed by atoms with Crippen LogP contribution in [0.3, 0.4) is 0 Å². The number of benzene rings is 16. The van der Waals surface area contributed by atoms with Gasteiger partial charge in [0.15, 0.2) is 0 Å². The minimum Gasteiger partial charge on any atom is -1.00 e. The first-order valence-corrected chi connectivity index (χ1v) is 24.9. The quantitative estimate of drug-likeness (QED) is 0.131. The van der Waals surface area contributed by atoms with Crippen molar-refractivity contribution in [3.8, 4) is 0 Å². The number of hydrogen-bond acceptors (Lipinski definition) is 0. The third-order valence-corrected chi connectivity index (χ3v) is 16.1. The zero-order chi connectivity index (χ0) is 46.6. The molecule has 0 amide bonds. The third-order valence-electron chi connectivity index (χ3n) is 16.1. The average Bonchev–Trinajstić information content (AvgIpc) is 3.37. The Hall–Kier alpha value is -8.59. The first kappa shape index (κ1) is 41.2. The molecule has 0 fully saturated rings. The van der Waals surface area contributed by atoms with Crippen LogP contribution in [0.1, 0.15) is 11.1 Å².